The summed E-state index contributed by atoms with van der Waals surface area (Å²) < 4.78 is 27.2. The van der Waals surface area contributed by atoms with Gasteiger partial charge in [0.15, 0.2) is 18.1 Å². The van der Waals surface area contributed by atoms with Gasteiger partial charge in [0.2, 0.25) is 5.88 Å². The number of allylic oxidation sites excluding steroid dienone is 1. The quantitative estimate of drug-likeness (QED) is 0.377. The average Bonchev–Trinajstić information content (AvgIpc) is 2.86. The van der Waals surface area contributed by atoms with E-state index in [1.54, 1.807) is 61.7 Å². The molecule has 3 aromatic carbocycles. The summed E-state index contributed by atoms with van der Waals surface area (Å²) in [7, 11) is 3.08. The summed E-state index contributed by atoms with van der Waals surface area (Å²) in [6.45, 7) is -0.312. The molecule has 0 radical (unpaired) electrons. The first-order valence-corrected chi connectivity index (χ1v) is 10.8. The molecular weight excluding hydrogens is 472 g/mol. The zero-order chi connectivity index (χ0) is 24.9. The predicted octanol–water partition coefficient (Wildman–Crippen LogP) is 4.56. The maximum Gasteiger partial charge on any atom is 0.349 e. The van der Waals surface area contributed by atoms with Crippen molar-refractivity contribution in [1.29, 1.82) is 5.26 Å². The zero-order valence-corrected chi connectivity index (χ0v) is 19.7. The Morgan fingerprint density at radius 3 is 2.57 bits per heavy atom. The minimum Gasteiger partial charge on any atom is -0.493 e. The fraction of sp³-hybridized carbons (Fsp3) is 0.154. The molecule has 3 aromatic rings. The number of nitrogens with zero attached hydrogens (tertiary/aromatic N) is 1. The average molecular weight is 493 g/mol. The topological polar surface area (TPSA) is 113 Å². The lowest BCUT2D eigenvalue weighted by Gasteiger charge is -2.27. The first-order valence-electron chi connectivity index (χ1n) is 10.5. The molecule has 35 heavy (non-hydrogen) atoms. The standard InChI is InChI=1S/C26H21ClN2O6/c1-31-21-9-6-15(10-23(21)32-2)25-19-8-7-18(12-22(19)35-26(29)20(25)13-28)34-24(30)14-33-17-5-3-4-16(27)11-17/h3-12,25H,14,29H2,1-2H3. The summed E-state index contributed by atoms with van der Waals surface area (Å²) >= 11 is 5.92. The lowest BCUT2D eigenvalue weighted by Crippen LogP contribution is -2.21. The van der Waals surface area contributed by atoms with Crippen LogP contribution >= 0.6 is 11.6 Å². The summed E-state index contributed by atoms with van der Waals surface area (Å²) in [5.41, 5.74) is 7.76. The Bertz CT molecular complexity index is 1350. The number of esters is 1. The van der Waals surface area contributed by atoms with Gasteiger partial charge in [-0.15, -0.1) is 0 Å². The van der Waals surface area contributed by atoms with Crippen LogP contribution in [0.4, 0.5) is 0 Å². The lowest BCUT2D eigenvalue weighted by atomic mass is 9.83. The molecule has 1 heterocycles. The third-order valence-corrected chi connectivity index (χ3v) is 5.55. The van der Waals surface area contributed by atoms with Crippen LogP contribution in [0, 0.1) is 11.3 Å². The molecule has 1 atom stereocenters. The fourth-order valence-electron chi connectivity index (χ4n) is 3.73. The van der Waals surface area contributed by atoms with Gasteiger partial charge in [-0.3, -0.25) is 0 Å². The molecule has 0 aromatic heterocycles. The van der Waals surface area contributed by atoms with Gasteiger partial charge in [0.1, 0.15) is 28.9 Å². The number of rotatable bonds is 7. The van der Waals surface area contributed by atoms with Gasteiger partial charge in [0, 0.05) is 16.7 Å². The van der Waals surface area contributed by atoms with Gasteiger partial charge in [-0.2, -0.15) is 5.26 Å². The summed E-state index contributed by atoms with van der Waals surface area (Å²) in [5, 5.41) is 10.3. The third kappa shape index (κ3) is 5.10. The molecule has 0 bridgehead atoms. The van der Waals surface area contributed by atoms with Gasteiger partial charge in [-0.1, -0.05) is 29.8 Å². The Morgan fingerprint density at radius 2 is 1.86 bits per heavy atom. The lowest BCUT2D eigenvalue weighted by molar-refractivity contribution is -0.136. The SMILES string of the molecule is COc1ccc(C2C(C#N)=C(N)Oc3cc(OC(=O)COc4cccc(Cl)c4)ccc32)cc1OC. The molecule has 1 aliphatic rings. The highest BCUT2D eigenvalue weighted by atomic mass is 35.5. The Labute approximate surface area is 207 Å². The molecule has 9 heteroatoms. The number of carbonyl (C=O) groups is 1. The molecular formula is C26H21ClN2O6. The van der Waals surface area contributed by atoms with E-state index in [0.29, 0.717) is 33.6 Å². The molecule has 1 unspecified atom stereocenters. The van der Waals surface area contributed by atoms with Gasteiger partial charge in [0.05, 0.1) is 20.1 Å². The molecule has 4 rings (SSSR count). The number of nitrogens with two attached hydrogens (primary N) is 1. The minimum atomic E-state index is -0.613. The maximum atomic E-state index is 12.3. The van der Waals surface area contributed by atoms with Crippen molar-refractivity contribution in [3.8, 4) is 34.8 Å². The van der Waals surface area contributed by atoms with Crippen molar-refractivity contribution in [3.63, 3.8) is 0 Å². The number of hydrogen-bond donors (Lipinski definition) is 1. The van der Waals surface area contributed by atoms with Crippen molar-refractivity contribution in [2.24, 2.45) is 5.73 Å². The molecule has 0 saturated heterocycles. The normalized spacial score (nSPS) is 14.3. The molecule has 1 aliphatic heterocycles. The van der Waals surface area contributed by atoms with Crippen LogP contribution in [0.3, 0.4) is 0 Å². The highest BCUT2D eigenvalue weighted by Crippen LogP contribution is 2.45. The number of methoxy groups -OCH3 is 2. The molecule has 8 nitrogen and oxygen atoms in total. The number of fused-ring (bicyclic) bond motifs is 1. The first kappa shape index (κ1) is 23.8. The summed E-state index contributed by atoms with van der Waals surface area (Å²) in [4.78, 5) is 12.3. The van der Waals surface area contributed by atoms with E-state index in [-0.39, 0.29) is 23.8 Å². The van der Waals surface area contributed by atoms with Crippen LogP contribution in [0.2, 0.25) is 5.02 Å². The van der Waals surface area contributed by atoms with Crippen LogP contribution < -0.4 is 29.4 Å². The Hall–Kier alpha value is -4.35. The van der Waals surface area contributed by atoms with Crippen LogP contribution in [-0.2, 0) is 4.79 Å². The summed E-state index contributed by atoms with van der Waals surface area (Å²) in [6, 6.07) is 19.1. The molecule has 0 fully saturated rings. The highest BCUT2D eigenvalue weighted by molar-refractivity contribution is 6.30. The van der Waals surface area contributed by atoms with E-state index in [2.05, 4.69) is 6.07 Å². The Kier molecular flexibility index (Phi) is 6.99. The third-order valence-electron chi connectivity index (χ3n) is 5.32. The van der Waals surface area contributed by atoms with E-state index >= 15 is 0 Å². The molecule has 2 N–H and O–H groups in total. The van der Waals surface area contributed by atoms with E-state index in [1.165, 1.54) is 7.11 Å². The van der Waals surface area contributed by atoms with Gasteiger partial charge < -0.3 is 29.4 Å². The van der Waals surface area contributed by atoms with Gasteiger partial charge in [-0.05, 0) is 42.0 Å². The monoisotopic (exact) mass is 492 g/mol. The van der Waals surface area contributed by atoms with Crippen molar-refractivity contribution in [2.75, 3.05) is 20.8 Å². The maximum absolute atomic E-state index is 12.3. The number of halogens is 1. The largest absolute Gasteiger partial charge is 0.493 e. The van der Waals surface area contributed by atoms with Crippen LogP contribution in [0.25, 0.3) is 0 Å². The Balaban J connectivity index is 1.58. The van der Waals surface area contributed by atoms with Crippen LogP contribution in [-0.4, -0.2) is 26.8 Å². The zero-order valence-electron chi connectivity index (χ0n) is 18.9. The second kappa shape index (κ2) is 10.3. The number of nitriles is 1. The minimum absolute atomic E-state index is 0.0347. The number of benzene rings is 3. The van der Waals surface area contributed by atoms with Crippen LogP contribution in [0.1, 0.15) is 17.0 Å². The fourth-order valence-corrected chi connectivity index (χ4v) is 3.91. The van der Waals surface area contributed by atoms with E-state index < -0.39 is 11.9 Å². The predicted molar refractivity (Wildman–Crippen MR) is 128 cm³/mol. The van der Waals surface area contributed by atoms with Crippen LogP contribution in [0.15, 0.2) is 72.1 Å². The first-order chi connectivity index (χ1) is 16.9. The number of carbonyl (C=O) groups excluding carboxylic acids is 1. The summed E-state index contributed by atoms with van der Waals surface area (Å²) in [5.74, 6) is 0.957. The molecule has 178 valence electrons. The van der Waals surface area contributed by atoms with Gasteiger partial charge in [0.25, 0.3) is 0 Å². The van der Waals surface area contributed by atoms with Crippen molar-refractivity contribution in [2.45, 2.75) is 5.92 Å². The molecule has 0 aliphatic carbocycles. The highest BCUT2D eigenvalue weighted by Gasteiger charge is 2.31. The summed E-state index contributed by atoms with van der Waals surface area (Å²) in [6.07, 6.45) is 0. The van der Waals surface area contributed by atoms with Crippen molar-refractivity contribution in [1.82, 2.24) is 0 Å². The Morgan fingerprint density at radius 1 is 1.06 bits per heavy atom. The molecule has 0 amide bonds. The van der Waals surface area contributed by atoms with Crippen molar-refractivity contribution in [3.05, 3.63) is 88.3 Å². The van der Waals surface area contributed by atoms with E-state index in [1.807, 2.05) is 6.07 Å². The second-order valence-corrected chi connectivity index (χ2v) is 7.90. The van der Waals surface area contributed by atoms with Gasteiger partial charge in [-0.25, -0.2) is 4.79 Å². The number of ether oxygens (including phenoxy) is 5. The van der Waals surface area contributed by atoms with E-state index in [9.17, 15) is 10.1 Å². The van der Waals surface area contributed by atoms with E-state index in [0.717, 1.165) is 5.56 Å². The van der Waals surface area contributed by atoms with Crippen LogP contribution in [0.5, 0.6) is 28.7 Å². The number of hydrogen-bond acceptors (Lipinski definition) is 8. The molecule has 0 spiro atoms. The van der Waals surface area contributed by atoms with Crippen molar-refractivity contribution >= 4 is 17.6 Å². The van der Waals surface area contributed by atoms with Crippen molar-refractivity contribution < 1.29 is 28.5 Å². The second-order valence-electron chi connectivity index (χ2n) is 7.46. The smallest absolute Gasteiger partial charge is 0.349 e. The van der Waals surface area contributed by atoms with Gasteiger partial charge >= 0.3 is 5.97 Å². The van der Waals surface area contributed by atoms with E-state index in [4.69, 9.17) is 41.0 Å². The molecule has 0 saturated carbocycles.